The van der Waals surface area contributed by atoms with Gasteiger partial charge in [-0.2, -0.15) is 10.2 Å². The van der Waals surface area contributed by atoms with E-state index in [-0.39, 0.29) is 5.97 Å². The second kappa shape index (κ2) is 7.13. The minimum atomic E-state index is -0.385. The lowest BCUT2D eigenvalue weighted by Gasteiger charge is -2.04. The highest BCUT2D eigenvalue weighted by Gasteiger charge is 2.07. The summed E-state index contributed by atoms with van der Waals surface area (Å²) in [5, 5.41) is 8.27. The van der Waals surface area contributed by atoms with E-state index in [2.05, 4.69) is 10.2 Å². The first-order valence-electron chi connectivity index (χ1n) is 7.15. The number of hydrogen-bond acceptors (Lipinski definition) is 4. The number of carbonyl (C=O) groups is 1. The number of carbonyl (C=O) groups excluding carboxylic acids is 1. The summed E-state index contributed by atoms with van der Waals surface area (Å²) in [6.07, 6.45) is 0. The molecule has 0 atom stereocenters. The summed E-state index contributed by atoms with van der Waals surface area (Å²) in [4.78, 5) is 11.9. The van der Waals surface area contributed by atoms with Crippen LogP contribution in [0.1, 0.15) is 10.4 Å². The molecule has 0 fully saturated rings. The van der Waals surface area contributed by atoms with E-state index >= 15 is 0 Å². The Kier molecular flexibility index (Phi) is 4.55. The van der Waals surface area contributed by atoms with Crippen LogP contribution in [0.15, 0.2) is 95.2 Å². The minimum Gasteiger partial charge on any atom is -0.423 e. The van der Waals surface area contributed by atoms with E-state index in [0.717, 1.165) is 5.69 Å². The van der Waals surface area contributed by atoms with Crippen molar-refractivity contribution >= 4 is 17.3 Å². The molecule has 0 heterocycles. The van der Waals surface area contributed by atoms with Gasteiger partial charge in [0.2, 0.25) is 0 Å². The minimum absolute atomic E-state index is 0.385. The summed E-state index contributed by atoms with van der Waals surface area (Å²) >= 11 is 0. The zero-order valence-corrected chi connectivity index (χ0v) is 12.3. The van der Waals surface area contributed by atoms with Gasteiger partial charge in [-0.1, -0.05) is 36.4 Å². The summed E-state index contributed by atoms with van der Waals surface area (Å²) < 4.78 is 5.31. The van der Waals surface area contributed by atoms with Crippen molar-refractivity contribution in [3.8, 4) is 5.75 Å². The van der Waals surface area contributed by atoms with E-state index in [1.54, 1.807) is 48.5 Å². The molecule has 0 saturated carbocycles. The largest absolute Gasteiger partial charge is 0.423 e. The number of hydrogen-bond donors (Lipinski definition) is 0. The fourth-order valence-corrected chi connectivity index (χ4v) is 1.93. The fraction of sp³-hybridized carbons (Fsp3) is 0. The molecule has 0 aliphatic heterocycles. The van der Waals surface area contributed by atoms with Crippen LogP contribution in [-0.4, -0.2) is 5.97 Å². The quantitative estimate of drug-likeness (QED) is 0.372. The third-order valence-corrected chi connectivity index (χ3v) is 3.09. The van der Waals surface area contributed by atoms with Gasteiger partial charge in [0.25, 0.3) is 0 Å². The van der Waals surface area contributed by atoms with E-state index in [9.17, 15) is 4.79 Å². The molecule has 0 radical (unpaired) electrons. The van der Waals surface area contributed by atoms with Gasteiger partial charge in [-0.15, -0.1) is 0 Å². The monoisotopic (exact) mass is 302 g/mol. The zero-order valence-electron chi connectivity index (χ0n) is 12.3. The molecule has 0 N–H and O–H groups in total. The van der Waals surface area contributed by atoms with E-state index in [0.29, 0.717) is 17.0 Å². The molecule has 0 spiro atoms. The highest BCUT2D eigenvalue weighted by Crippen LogP contribution is 2.21. The van der Waals surface area contributed by atoms with E-state index in [1.807, 2.05) is 36.4 Å². The molecule has 0 amide bonds. The van der Waals surface area contributed by atoms with Crippen LogP contribution >= 0.6 is 0 Å². The topological polar surface area (TPSA) is 51.0 Å². The Morgan fingerprint density at radius 3 is 1.78 bits per heavy atom. The van der Waals surface area contributed by atoms with Crippen LogP contribution in [0, 0.1) is 0 Å². The maximum atomic E-state index is 11.9. The molecule has 0 bridgehead atoms. The standard InChI is InChI=1S/C19H14N2O2/c22-19(15-7-3-1-4-8-15)23-18-13-11-17(12-14-18)21-20-16-9-5-2-6-10-16/h1-14H/b21-20+. The second-order valence-electron chi connectivity index (χ2n) is 4.78. The van der Waals surface area contributed by atoms with Crippen molar-refractivity contribution in [2.24, 2.45) is 10.2 Å². The van der Waals surface area contributed by atoms with Gasteiger partial charge in [-0.05, 0) is 48.5 Å². The summed E-state index contributed by atoms with van der Waals surface area (Å²) in [5.41, 5.74) is 1.99. The molecule has 23 heavy (non-hydrogen) atoms. The van der Waals surface area contributed by atoms with Gasteiger partial charge in [0.05, 0.1) is 16.9 Å². The number of benzene rings is 3. The molecule has 3 rings (SSSR count). The van der Waals surface area contributed by atoms with Crippen molar-refractivity contribution in [1.29, 1.82) is 0 Å². The summed E-state index contributed by atoms with van der Waals surface area (Å²) in [5.74, 6) is 0.0850. The van der Waals surface area contributed by atoms with Crippen LogP contribution in [0.5, 0.6) is 5.75 Å². The first kappa shape index (κ1) is 14.7. The third-order valence-electron chi connectivity index (χ3n) is 3.09. The number of nitrogens with zero attached hydrogens (tertiary/aromatic N) is 2. The lowest BCUT2D eigenvalue weighted by molar-refractivity contribution is 0.0735. The highest BCUT2D eigenvalue weighted by atomic mass is 16.5. The molecule has 0 aliphatic carbocycles. The summed E-state index contributed by atoms with van der Waals surface area (Å²) in [7, 11) is 0. The third kappa shape index (κ3) is 4.11. The van der Waals surface area contributed by atoms with Crippen molar-refractivity contribution in [1.82, 2.24) is 0 Å². The van der Waals surface area contributed by atoms with Crippen LogP contribution in [0.4, 0.5) is 11.4 Å². The molecule has 0 aromatic heterocycles. The summed E-state index contributed by atoms with van der Waals surface area (Å²) in [6, 6.07) is 25.2. The average Bonchev–Trinajstić information content (AvgIpc) is 2.63. The van der Waals surface area contributed by atoms with Gasteiger partial charge in [0.1, 0.15) is 5.75 Å². The first-order chi connectivity index (χ1) is 11.3. The predicted octanol–water partition coefficient (Wildman–Crippen LogP) is 5.32. The van der Waals surface area contributed by atoms with E-state index in [4.69, 9.17) is 4.74 Å². The van der Waals surface area contributed by atoms with Gasteiger partial charge in [-0.25, -0.2) is 4.79 Å². The van der Waals surface area contributed by atoms with Gasteiger partial charge in [0, 0.05) is 0 Å². The lowest BCUT2D eigenvalue weighted by Crippen LogP contribution is -2.07. The van der Waals surface area contributed by atoms with E-state index in [1.165, 1.54) is 0 Å². The van der Waals surface area contributed by atoms with Crippen molar-refractivity contribution in [3.05, 3.63) is 90.5 Å². The zero-order chi connectivity index (χ0) is 15.9. The van der Waals surface area contributed by atoms with Crippen molar-refractivity contribution < 1.29 is 9.53 Å². The molecule has 0 aliphatic rings. The van der Waals surface area contributed by atoms with Crippen LogP contribution in [0.2, 0.25) is 0 Å². The molecule has 4 nitrogen and oxygen atoms in total. The Labute approximate surface area is 134 Å². The molecule has 3 aromatic rings. The summed E-state index contributed by atoms with van der Waals surface area (Å²) in [6.45, 7) is 0. The smallest absolute Gasteiger partial charge is 0.343 e. The highest BCUT2D eigenvalue weighted by molar-refractivity contribution is 5.90. The van der Waals surface area contributed by atoms with Gasteiger partial charge < -0.3 is 4.74 Å². The molecular formula is C19H14N2O2. The van der Waals surface area contributed by atoms with Crippen molar-refractivity contribution in [3.63, 3.8) is 0 Å². The molecule has 112 valence electrons. The number of rotatable bonds is 4. The SMILES string of the molecule is O=C(Oc1ccc(/N=N/c2ccccc2)cc1)c1ccccc1. The Bertz CT molecular complexity index is 798. The van der Waals surface area contributed by atoms with Gasteiger partial charge in [0.15, 0.2) is 0 Å². The Balaban J connectivity index is 1.65. The number of ether oxygens (including phenoxy) is 1. The number of esters is 1. The Morgan fingerprint density at radius 2 is 1.17 bits per heavy atom. The first-order valence-corrected chi connectivity index (χ1v) is 7.15. The normalized spacial score (nSPS) is 10.6. The Morgan fingerprint density at radius 1 is 0.652 bits per heavy atom. The molecule has 0 unspecified atom stereocenters. The van der Waals surface area contributed by atoms with Crippen LogP contribution in [-0.2, 0) is 0 Å². The average molecular weight is 302 g/mol. The lowest BCUT2D eigenvalue weighted by atomic mass is 10.2. The Hall–Kier alpha value is -3.27. The van der Waals surface area contributed by atoms with Crippen LogP contribution < -0.4 is 4.74 Å². The van der Waals surface area contributed by atoms with Crippen LogP contribution in [0.3, 0.4) is 0 Å². The second-order valence-corrected chi connectivity index (χ2v) is 4.78. The van der Waals surface area contributed by atoms with Gasteiger partial charge in [-0.3, -0.25) is 0 Å². The molecule has 0 saturated heterocycles. The van der Waals surface area contributed by atoms with Crippen LogP contribution in [0.25, 0.3) is 0 Å². The fourth-order valence-electron chi connectivity index (χ4n) is 1.93. The number of azo groups is 1. The maximum absolute atomic E-state index is 11.9. The van der Waals surface area contributed by atoms with E-state index < -0.39 is 0 Å². The molecule has 3 aromatic carbocycles. The van der Waals surface area contributed by atoms with Crippen molar-refractivity contribution in [2.75, 3.05) is 0 Å². The maximum Gasteiger partial charge on any atom is 0.343 e. The van der Waals surface area contributed by atoms with Crippen molar-refractivity contribution in [2.45, 2.75) is 0 Å². The predicted molar refractivity (Wildman–Crippen MR) is 88.5 cm³/mol. The molecular weight excluding hydrogens is 288 g/mol. The molecule has 4 heteroatoms. The van der Waals surface area contributed by atoms with Gasteiger partial charge >= 0.3 is 5.97 Å².